The van der Waals surface area contributed by atoms with Gasteiger partial charge in [-0.2, -0.15) is 0 Å². The van der Waals surface area contributed by atoms with Gasteiger partial charge in [0.05, 0.1) is 0 Å². The molecule has 0 saturated heterocycles. The molecule has 1 aromatic carbocycles. The minimum Gasteiger partial charge on any atom is -0.396 e. The van der Waals surface area contributed by atoms with Crippen molar-refractivity contribution in [2.45, 2.75) is 32.2 Å². The Bertz CT molecular complexity index is 380. The van der Waals surface area contributed by atoms with E-state index in [1.54, 1.807) is 19.9 Å². The molecule has 0 bridgehead atoms. The SMILES string of the molecule is Cc1cc(Cl)c(C(C)(N)CCCO)cc1F. The standard InChI is InChI=1S/C12H17ClFNO/c1-8-6-10(13)9(7-11(8)14)12(2,15)4-3-5-16/h6-7,16H,3-5,15H2,1-2H3. The Hall–Kier alpha value is -0.640. The molecule has 16 heavy (non-hydrogen) atoms. The molecule has 2 nitrogen and oxygen atoms in total. The number of hydrogen-bond donors (Lipinski definition) is 2. The second-order valence-corrected chi connectivity index (χ2v) is 4.73. The van der Waals surface area contributed by atoms with Gasteiger partial charge in [0.2, 0.25) is 0 Å². The number of halogens is 2. The van der Waals surface area contributed by atoms with Crippen LogP contribution < -0.4 is 5.73 Å². The molecule has 1 atom stereocenters. The lowest BCUT2D eigenvalue weighted by atomic mass is 9.88. The molecule has 1 unspecified atom stereocenters. The summed E-state index contributed by atoms with van der Waals surface area (Å²) in [6, 6.07) is 2.96. The van der Waals surface area contributed by atoms with Gasteiger partial charge in [0.1, 0.15) is 5.82 Å². The quantitative estimate of drug-likeness (QED) is 0.857. The van der Waals surface area contributed by atoms with Gasteiger partial charge in [0.15, 0.2) is 0 Å². The van der Waals surface area contributed by atoms with E-state index >= 15 is 0 Å². The number of rotatable bonds is 4. The first-order valence-corrected chi connectivity index (χ1v) is 5.62. The van der Waals surface area contributed by atoms with E-state index in [0.29, 0.717) is 29.0 Å². The minimum atomic E-state index is -0.714. The molecule has 0 radical (unpaired) electrons. The highest BCUT2D eigenvalue weighted by Crippen LogP contribution is 2.31. The summed E-state index contributed by atoms with van der Waals surface area (Å²) in [6.45, 7) is 3.52. The molecular formula is C12H17ClFNO. The molecule has 0 fully saturated rings. The summed E-state index contributed by atoms with van der Waals surface area (Å²) in [6.07, 6.45) is 1.13. The van der Waals surface area contributed by atoms with Gasteiger partial charge in [-0.15, -0.1) is 0 Å². The fraction of sp³-hybridized carbons (Fsp3) is 0.500. The first kappa shape index (κ1) is 13.4. The van der Waals surface area contributed by atoms with Crippen LogP contribution in [0.3, 0.4) is 0 Å². The molecule has 0 amide bonds. The van der Waals surface area contributed by atoms with Crippen LogP contribution in [0.25, 0.3) is 0 Å². The van der Waals surface area contributed by atoms with E-state index in [0.717, 1.165) is 0 Å². The van der Waals surface area contributed by atoms with E-state index < -0.39 is 5.54 Å². The molecule has 3 N–H and O–H groups in total. The second kappa shape index (κ2) is 5.13. The summed E-state index contributed by atoms with van der Waals surface area (Å²) >= 11 is 6.06. The van der Waals surface area contributed by atoms with Gasteiger partial charge in [-0.05, 0) is 49.9 Å². The van der Waals surface area contributed by atoms with E-state index in [4.69, 9.17) is 22.4 Å². The van der Waals surface area contributed by atoms with Gasteiger partial charge >= 0.3 is 0 Å². The van der Waals surface area contributed by atoms with Gasteiger partial charge in [0, 0.05) is 17.2 Å². The van der Waals surface area contributed by atoms with E-state index in [1.165, 1.54) is 6.07 Å². The van der Waals surface area contributed by atoms with Crippen LogP contribution in [0.2, 0.25) is 5.02 Å². The van der Waals surface area contributed by atoms with Crippen LogP contribution in [0.5, 0.6) is 0 Å². The molecule has 1 aromatic rings. The second-order valence-electron chi connectivity index (χ2n) is 4.33. The maximum atomic E-state index is 13.4. The van der Waals surface area contributed by atoms with Gasteiger partial charge in [-0.3, -0.25) is 0 Å². The zero-order valence-corrected chi connectivity index (χ0v) is 10.3. The summed E-state index contributed by atoms with van der Waals surface area (Å²) in [4.78, 5) is 0. The zero-order chi connectivity index (χ0) is 12.3. The van der Waals surface area contributed by atoms with Crippen molar-refractivity contribution in [1.29, 1.82) is 0 Å². The number of nitrogens with two attached hydrogens (primary N) is 1. The lowest BCUT2D eigenvalue weighted by molar-refractivity contribution is 0.265. The van der Waals surface area contributed by atoms with E-state index in [2.05, 4.69) is 0 Å². The average Bonchev–Trinajstić information content (AvgIpc) is 2.20. The van der Waals surface area contributed by atoms with Crippen molar-refractivity contribution < 1.29 is 9.50 Å². The van der Waals surface area contributed by atoms with Gasteiger partial charge < -0.3 is 10.8 Å². The molecule has 0 aliphatic carbocycles. The highest BCUT2D eigenvalue weighted by molar-refractivity contribution is 6.31. The first-order chi connectivity index (χ1) is 7.38. The van der Waals surface area contributed by atoms with Crippen LogP contribution in [0.1, 0.15) is 30.9 Å². The van der Waals surface area contributed by atoms with E-state index in [9.17, 15) is 4.39 Å². The summed E-state index contributed by atoms with van der Waals surface area (Å²) < 4.78 is 13.4. The van der Waals surface area contributed by atoms with Crippen LogP contribution in [0.15, 0.2) is 12.1 Å². The lowest BCUT2D eigenvalue weighted by Crippen LogP contribution is -2.33. The third-order valence-electron chi connectivity index (χ3n) is 2.72. The molecule has 90 valence electrons. The predicted molar refractivity (Wildman–Crippen MR) is 64.0 cm³/mol. The molecular weight excluding hydrogens is 229 g/mol. The van der Waals surface area contributed by atoms with Crippen molar-refractivity contribution in [3.05, 3.63) is 34.1 Å². The Labute approximate surface area is 100 Å². The molecule has 4 heteroatoms. The van der Waals surface area contributed by atoms with Crippen molar-refractivity contribution in [3.63, 3.8) is 0 Å². The molecule has 0 aliphatic rings. The largest absolute Gasteiger partial charge is 0.396 e. The van der Waals surface area contributed by atoms with Crippen LogP contribution >= 0.6 is 11.6 Å². The van der Waals surface area contributed by atoms with Crippen LogP contribution in [0, 0.1) is 12.7 Å². The number of hydrogen-bond acceptors (Lipinski definition) is 2. The first-order valence-electron chi connectivity index (χ1n) is 5.24. The molecule has 0 spiro atoms. The highest BCUT2D eigenvalue weighted by Gasteiger charge is 2.24. The summed E-state index contributed by atoms with van der Waals surface area (Å²) in [5.41, 5.74) is 6.46. The smallest absolute Gasteiger partial charge is 0.126 e. The van der Waals surface area contributed by atoms with Crippen molar-refractivity contribution in [1.82, 2.24) is 0 Å². The Kier molecular flexibility index (Phi) is 4.30. The van der Waals surface area contributed by atoms with Crippen molar-refractivity contribution in [3.8, 4) is 0 Å². The fourth-order valence-corrected chi connectivity index (χ4v) is 2.10. The molecule has 0 heterocycles. The highest BCUT2D eigenvalue weighted by atomic mass is 35.5. The molecule has 1 rings (SSSR count). The van der Waals surface area contributed by atoms with Crippen molar-refractivity contribution >= 4 is 11.6 Å². The minimum absolute atomic E-state index is 0.0682. The lowest BCUT2D eigenvalue weighted by Gasteiger charge is -2.26. The Morgan fingerprint density at radius 3 is 2.69 bits per heavy atom. The Morgan fingerprint density at radius 2 is 2.12 bits per heavy atom. The predicted octanol–water partition coefficient (Wildman–Crippen LogP) is 2.73. The Morgan fingerprint density at radius 1 is 1.50 bits per heavy atom. The van der Waals surface area contributed by atoms with Crippen molar-refractivity contribution in [2.75, 3.05) is 6.61 Å². The topological polar surface area (TPSA) is 46.2 Å². The maximum absolute atomic E-state index is 13.4. The number of aliphatic hydroxyl groups is 1. The molecule has 0 aromatic heterocycles. The Balaban J connectivity index is 3.07. The molecule has 0 aliphatic heterocycles. The molecule has 0 saturated carbocycles. The van der Waals surface area contributed by atoms with Crippen LogP contribution in [0.4, 0.5) is 4.39 Å². The van der Waals surface area contributed by atoms with E-state index in [-0.39, 0.29) is 12.4 Å². The van der Waals surface area contributed by atoms with Gasteiger partial charge in [0.25, 0.3) is 0 Å². The normalized spacial score (nSPS) is 14.9. The maximum Gasteiger partial charge on any atom is 0.126 e. The van der Waals surface area contributed by atoms with Gasteiger partial charge in [-0.25, -0.2) is 4.39 Å². The number of benzene rings is 1. The number of aryl methyl sites for hydroxylation is 1. The fourth-order valence-electron chi connectivity index (χ4n) is 1.66. The van der Waals surface area contributed by atoms with Gasteiger partial charge in [-0.1, -0.05) is 11.6 Å². The third-order valence-corrected chi connectivity index (χ3v) is 3.03. The summed E-state index contributed by atoms with van der Waals surface area (Å²) in [7, 11) is 0. The van der Waals surface area contributed by atoms with Crippen LogP contribution in [-0.2, 0) is 5.54 Å². The summed E-state index contributed by atoms with van der Waals surface area (Å²) in [5, 5.41) is 9.26. The average molecular weight is 246 g/mol. The number of aliphatic hydroxyl groups excluding tert-OH is 1. The third kappa shape index (κ3) is 2.94. The zero-order valence-electron chi connectivity index (χ0n) is 9.56. The van der Waals surface area contributed by atoms with Crippen LogP contribution in [-0.4, -0.2) is 11.7 Å². The van der Waals surface area contributed by atoms with Crippen molar-refractivity contribution in [2.24, 2.45) is 5.73 Å². The monoisotopic (exact) mass is 245 g/mol. The summed E-state index contributed by atoms with van der Waals surface area (Å²) in [5.74, 6) is -0.305. The van der Waals surface area contributed by atoms with E-state index in [1.807, 2.05) is 0 Å².